The van der Waals surface area contributed by atoms with E-state index < -0.39 is 0 Å². The zero-order valence-electron chi connectivity index (χ0n) is 11.5. The Hall–Kier alpha value is -1.06. The van der Waals surface area contributed by atoms with Crippen LogP contribution in [0.2, 0.25) is 0 Å². The van der Waals surface area contributed by atoms with Gasteiger partial charge in [-0.25, -0.2) is 0 Å². The molecule has 0 aromatic heterocycles. The van der Waals surface area contributed by atoms with Crippen LogP contribution in [0.3, 0.4) is 0 Å². The topological polar surface area (TPSA) is 41.1 Å². The molecule has 0 bridgehead atoms. The van der Waals surface area contributed by atoms with Gasteiger partial charge in [0.1, 0.15) is 0 Å². The fraction of sp³-hybridized carbons (Fsp3) is 0.562. The molecule has 4 heteroatoms. The van der Waals surface area contributed by atoms with Gasteiger partial charge in [0.15, 0.2) is 0 Å². The van der Waals surface area contributed by atoms with E-state index in [9.17, 15) is 4.79 Å². The van der Waals surface area contributed by atoms with Gasteiger partial charge in [-0.3, -0.25) is 4.79 Å². The number of hydrogen-bond acceptors (Lipinski definition) is 2. The number of amides is 1. The Morgan fingerprint density at radius 2 is 2.10 bits per heavy atom. The molecule has 2 aliphatic carbocycles. The molecule has 3 aliphatic rings. The van der Waals surface area contributed by atoms with Crippen molar-refractivity contribution in [1.29, 1.82) is 0 Å². The molecule has 1 aliphatic heterocycles. The van der Waals surface area contributed by atoms with Crippen LogP contribution in [0.25, 0.3) is 0 Å². The van der Waals surface area contributed by atoms with E-state index in [0.29, 0.717) is 17.9 Å². The SMILES string of the molecule is Cl.O=C(NC1C2CCc3ccccc3C21)C1CCCN1. The van der Waals surface area contributed by atoms with Crippen molar-refractivity contribution in [1.82, 2.24) is 10.6 Å². The number of nitrogens with one attached hydrogen (secondary N) is 2. The first kappa shape index (κ1) is 13.9. The Bertz CT molecular complexity index is 513. The van der Waals surface area contributed by atoms with Gasteiger partial charge in [-0.1, -0.05) is 24.3 Å². The Kier molecular flexibility index (Phi) is 3.74. The van der Waals surface area contributed by atoms with Crippen LogP contribution < -0.4 is 10.6 Å². The third kappa shape index (κ3) is 2.23. The molecule has 4 atom stereocenters. The molecule has 0 spiro atoms. The van der Waals surface area contributed by atoms with E-state index in [1.807, 2.05) is 0 Å². The Labute approximate surface area is 125 Å². The van der Waals surface area contributed by atoms with Gasteiger partial charge >= 0.3 is 0 Å². The van der Waals surface area contributed by atoms with E-state index in [1.54, 1.807) is 0 Å². The first-order valence-electron chi connectivity index (χ1n) is 7.46. The van der Waals surface area contributed by atoms with Crippen LogP contribution in [0, 0.1) is 5.92 Å². The van der Waals surface area contributed by atoms with Crippen molar-refractivity contribution in [2.75, 3.05) is 6.54 Å². The molecule has 20 heavy (non-hydrogen) atoms. The molecule has 1 aromatic rings. The van der Waals surface area contributed by atoms with Gasteiger partial charge in [-0.2, -0.15) is 0 Å². The molecular formula is C16H21ClN2O. The maximum atomic E-state index is 12.2. The summed E-state index contributed by atoms with van der Waals surface area (Å²) in [5.41, 5.74) is 2.96. The lowest BCUT2D eigenvalue weighted by Gasteiger charge is -2.13. The third-order valence-electron chi connectivity index (χ3n) is 5.02. The predicted molar refractivity (Wildman–Crippen MR) is 81.2 cm³/mol. The maximum absolute atomic E-state index is 12.2. The lowest BCUT2D eigenvalue weighted by atomic mass is 9.92. The van der Waals surface area contributed by atoms with Gasteiger partial charge in [0.25, 0.3) is 0 Å². The zero-order valence-corrected chi connectivity index (χ0v) is 12.3. The third-order valence-corrected chi connectivity index (χ3v) is 5.02. The summed E-state index contributed by atoms with van der Waals surface area (Å²) < 4.78 is 0. The first-order valence-corrected chi connectivity index (χ1v) is 7.46. The van der Waals surface area contributed by atoms with Crippen LogP contribution in [0.5, 0.6) is 0 Å². The van der Waals surface area contributed by atoms with Crippen molar-refractivity contribution in [3.05, 3.63) is 35.4 Å². The summed E-state index contributed by atoms with van der Waals surface area (Å²) in [5.74, 6) is 1.48. The number of rotatable bonds is 2. The van der Waals surface area contributed by atoms with Gasteiger partial charge in [0.05, 0.1) is 6.04 Å². The van der Waals surface area contributed by atoms with Crippen molar-refractivity contribution in [3.63, 3.8) is 0 Å². The lowest BCUT2D eigenvalue weighted by Crippen LogP contribution is -2.42. The lowest BCUT2D eigenvalue weighted by molar-refractivity contribution is -0.123. The Balaban J connectivity index is 0.00000121. The minimum atomic E-state index is 0. The summed E-state index contributed by atoms with van der Waals surface area (Å²) in [6.45, 7) is 0.985. The number of carbonyl (C=O) groups excluding carboxylic acids is 1. The average Bonchev–Trinajstić information content (AvgIpc) is 2.89. The van der Waals surface area contributed by atoms with Gasteiger partial charge in [-0.05, 0) is 49.3 Å². The van der Waals surface area contributed by atoms with Crippen molar-refractivity contribution in [2.45, 2.75) is 43.7 Å². The number of carbonyl (C=O) groups is 1. The minimum Gasteiger partial charge on any atom is -0.351 e. The summed E-state index contributed by atoms with van der Waals surface area (Å²) in [6.07, 6.45) is 4.51. The van der Waals surface area contributed by atoms with E-state index in [1.165, 1.54) is 24.0 Å². The molecular weight excluding hydrogens is 272 g/mol. The summed E-state index contributed by atoms with van der Waals surface area (Å²) in [6, 6.07) is 9.17. The summed E-state index contributed by atoms with van der Waals surface area (Å²) in [7, 11) is 0. The normalized spacial score (nSPS) is 33.6. The smallest absolute Gasteiger partial charge is 0.237 e. The van der Waals surface area contributed by atoms with Crippen LogP contribution in [0.1, 0.15) is 36.3 Å². The largest absolute Gasteiger partial charge is 0.351 e. The molecule has 2 fully saturated rings. The van der Waals surface area contributed by atoms with E-state index in [0.717, 1.165) is 19.4 Å². The number of hydrogen-bond donors (Lipinski definition) is 2. The van der Waals surface area contributed by atoms with Crippen molar-refractivity contribution in [3.8, 4) is 0 Å². The van der Waals surface area contributed by atoms with Crippen LogP contribution >= 0.6 is 12.4 Å². The second-order valence-electron chi connectivity index (χ2n) is 6.11. The summed E-state index contributed by atoms with van der Waals surface area (Å²) in [4.78, 5) is 12.2. The highest BCUT2D eigenvalue weighted by atomic mass is 35.5. The van der Waals surface area contributed by atoms with Crippen LogP contribution in [-0.2, 0) is 11.2 Å². The van der Waals surface area contributed by atoms with Crippen LogP contribution in [-0.4, -0.2) is 24.5 Å². The molecule has 1 saturated heterocycles. The Morgan fingerprint density at radius 1 is 1.25 bits per heavy atom. The molecule has 4 unspecified atom stereocenters. The van der Waals surface area contributed by atoms with Gasteiger partial charge in [0.2, 0.25) is 5.91 Å². The second kappa shape index (κ2) is 5.38. The highest BCUT2D eigenvalue weighted by molar-refractivity contribution is 5.85. The van der Waals surface area contributed by atoms with Gasteiger partial charge in [0, 0.05) is 12.0 Å². The van der Waals surface area contributed by atoms with E-state index >= 15 is 0 Å². The standard InChI is InChI=1S/C16H20N2O.ClH/c19-16(13-6-3-9-17-13)18-15-12-8-7-10-4-1-2-5-11(10)14(12)15;/h1-2,4-5,12-15,17H,3,6-9H2,(H,18,19);1H. The Morgan fingerprint density at radius 3 is 2.90 bits per heavy atom. The quantitative estimate of drug-likeness (QED) is 0.875. The fourth-order valence-corrected chi connectivity index (χ4v) is 3.94. The van der Waals surface area contributed by atoms with Gasteiger partial charge < -0.3 is 10.6 Å². The summed E-state index contributed by atoms with van der Waals surface area (Å²) in [5, 5.41) is 6.56. The molecule has 108 valence electrons. The molecule has 2 N–H and O–H groups in total. The van der Waals surface area contributed by atoms with Crippen LogP contribution in [0.4, 0.5) is 0 Å². The summed E-state index contributed by atoms with van der Waals surface area (Å²) >= 11 is 0. The minimum absolute atomic E-state index is 0. The van der Waals surface area contributed by atoms with E-state index in [-0.39, 0.29) is 24.4 Å². The van der Waals surface area contributed by atoms with E-state index in [2.05, 4.69) is 34.9 Å². The highest BCUT2D eigenvalue weighted by Gasteiger charge is 2.54. The van der Waals surface area contributed by atoms with Crippen molar-refractivity contribution >= 4 is 18.3 Å². The van der Waals surface area contributed by atoms with E-state index in [4.69, 9.17) is 0 Å². The number of benzene rings is 1. The number of halogens is 1. The fourth-order valence-electron chi connectivity index (χ4n) is 3.94. The average molecular weight is 293 g/mol. The number of aryl methyl sites for hydroxylation is 1. The molecule has 1 aromatic carbocycles. The predicted octanol–water partition coefficient (Wildman–Crippen LogP) is 2.00. The number of fused-ring (bicyclic) bond motifs is 3. The first-order chi connectivity index (χ1) is 9.34. The molecule has 1 heterocycles. The molecule has 1 amide bonds. The van der Waals surface area contributed by atoms with Crippen LogP contribution in [0.15, 0.2) is 24.3 Å². The highest BCUT2D eigenvalue weighted by Crippen LogP contribution is 2.54. The molecule has 4 rings (SSSR count). The van der Waals surface area contributed by atoms with Gasteiger partial charge in [-0.15, -0.1) is 12.4 Å². The maximum Gasteiger partial charge on any atom is 0.237 e. The molecule has 1 saturated carbocycles. The monoisotopic (exact) mass is 292 g/mol. The molecule has 3 nitrogen and oxygen atoms in total. The van der Waals surface area contributed by atoms with Crippen molar-refractivity contribution in [2.24, 2.45) is 5.92 Å². The molecule has 0 radical (unpaired) electrons. The zero-order chi connectivity index (χ0) is 12.8. The second-order valence-corrected chi connectivity index (χ2v) is 6.11. The van der Waals surface area contributed by atoms with Crippen molar-refractivity contribution < 1.29 is 4.79 Å².